The van der Waals surface area contributed by atoms with Crippen molar-refractivity contribution in [3.63, 3.8) is 0 Å². The van der Waals surface area contributed by atoms with E-state index in [4.69, 9.17) is 9.72 Å². The topological polar surface area (TPSA) is 93.5 Å². The van der Waals surface area contributed by atoms with Gasteiger partial charge in [-0.15, -0.1) is 0 Å². The largest absolute Gasteiger partial charge is 0.379 e. The first kappa shape index (κ1) is 23.5. The molecule has 1 aromatic heterocycles. The van der Waals surface area contributed by atoms with E-state index < -0.39 is 10.0 Å². The van der Waals surface area contributed by atoms with Gasteiger partial charge in [-0.25, -0.2) is 13.4 Å². The van der Waals surface area contributed by atoms with Crippen LogP contribution in [0.5, 0.6) is 0 Å². The summed E-state index contributed by atoms with van der Waals surface area (Å²) in [7, 11) is -3.58. The van der Waals surface area contributed by atoms with Gasteiger partial charge in [0.1, 0.15) is 0 Å². The van der Waals surface area contributed by atoms with E-state index in [0.29, 0.717) is 38.4 Å². The van der Waals surface area contributed by atoms with E-state index in [9.17, 15) is 13.2 Å². The van der Waals surface area contributed by atoms with Gasteiger partial charge in [-0.2, -0.15) is 4.31 Å². The molecule has 1 aromatic carbocycles. The molecule has 1 N–H and O–H groups in total. The van der Waals surface area contributed by atoms with E-state index in [1.165, 1.54) is 35.3 Å². The van der Waals surface area contributed by atoms with E-state index in [-0.39, 0.29) is 22.1 Å². The Labute approximate surface area is 194 Å². The highest BCUT2D eigenvalue weighted by atomic mass is 32.2. The van der Waals surface area contributed by atoms with Crippen molar-refractivity contribution in [2.24, 2.45) is 0 Å². The zero-order valence-corrected chi connectivity index (χ0v) is 20.4. The highest BCUT2D eigenvalue weighted by Crippen LogP contribution is 2.30. The normalized spacial score (nSPS) is 19.8. The van der Waals surface area contributed by atoms with Crippen LogP contribution in [0.3, 0.4) is 0 Å². The molecule has 4 rings (SSSR count). The third-order valence-electron chi connectivity index (χ3n) is 6.21. The number of rotatable bonds is 7. The summed E-state index contributed by atoms with van der Waals surface area (Å²) in [5.41, 5.74) is 1.50. The minimum Gasteiger partial charge on any atom is -0.379 e. The summed E-state index contributed by atoms with van der Waals surface area (Å²) in [6, 6.07) is 5.38. The van der Waals surface area contributed by atoms with Gasteiger partial charge in [-0.05, 0) is 44.9 Å². The number of nitrogens with zero attached hydrogens (tertiary/aromatic N) is 3. The number of fused-ring (bicyclic) bond motifs is 1. The monoisotopic (exact) mass is 480 g/mol. The fourth-order valence-corrected chi connectivity index (χ4v) is 6.78. The lowest BCUT2D eigenvalue weighted by atomic mass is 9.95. The quantitative estimate of drug-likeness (QED) is 0.613. The van der Waals surface area contributed by atoms with Gasteiger partial charge in [-0.3, -0.25) is 4.79 Å². The number of benzene rings is 1. The average molecular weight is 481 g/mol. The Morgan fingerprint density at radius 2 is 1.97 bits per heavy atom. The molecule has 32 heavy (non-hydrogen) atoms. The van der Waals surface area contributed by atoms with Crippen molar-refractivity contribution in [1.82, 2.24) is 19.2 Å². The number of nitrogens with one attached hydrogen (secondary N) is 1. The van der Waals surface area contributed by atoms with Crippen molar-refractivity contribution < 1.29 is 17.9 Å². The number of ether oxygens (including phenoxy) is 1. The zero-order valence-electron chi connectivity index (χ0n) is 18.7. The van der Waals surface area contributed by atoms with Crippen LogP contribution in [0.15, 0.2) is 28.3 Å². The van der Waals surface area contributed by atoms with Crippen molar-refractivity contribution in [3.8, 4) is 0 Å². The van der Waals surface area contributed by atoms with Gasteiger partial charge >= 0.3 is 0 Å². The van der Waals surface area contributed by atoms with Crippen LogP contribution in [-0.2, 0) is 26.1 Å². The molecule has 1 aliphatic carbocycles. The molecular formula is C22H32N4O4S2. The lowest BCUT2D eigenvalue weighted by Crippen LogP contribution is -2.40. The Hall–Kier alpha value is -1.62. The number of hydrogen-bond donors (Lipinski definition) is 1. The van der Waals surface area contributed by atoms with Crippen LogP contribution in [-0.4, -0.2) is 65.8 Å². The van der Waals surface area contributed by atoms with Crippen molar-refractivity contribution in [2.45, 2.75) is 73.8 Å². The van der Waals surface area contributed by atoms with E-state index in [1.807, 2.05) is 24.5 Å². The first-order chi connectivity index (χ1) is 15.4. The van der Waals surface area contributed by atoms with Crippen LogP contribution in [0, 0.1) is 0 Å². The molecule has 1 aliphatic heterocycles. The van der Waals surface area contributed by atoms with Crippen molar-refractivity contribution in [3.05, 3.63) is 18.2 Å². The van der Waals surface area contributed by atoms with Crippen molar-refractivity contribution in [2.75, 3.05) is 26.3 Å². The second-order valence-electron chi connectivity index (χ2n) is 8.41. The van der Waals surface area contributed by atoms with Gasteiger partial charge in [0.15, 0.2) is 5.16 Å². The van der Waals surface area contributed by atoms with Crippen molar-refractivity contribution >= 4 is 38.7 Å². The number of aryl methyl sites for hydroxylation is 1. The smallest absolute Gasteiger partial charge is 0.243 e. The van der Waals surface area contributed by atoms with Crippen LogP contribution < -0.4 is 5.32 Å². The van der Waals surface area contributed by atoms with Gasteiger partial charge < -0.3 is 14.6 Å². The summed E-state index contributed by atoms with van der Waals surface area (Å²) in [6.07, 6.45) is 5.70. The fraction of sp³-hybridized carbons (Fsp3) is 0.636. The predicted molar refractivity (Wildman–Crippen MR) is 125 cm³/mol. The number of carbonyl (C=O) groups excluding carboxylic acids is 1. The molecule has 0 radical (unpaired) electrons. The summed E-state index contributed by atoms with van der Waals surface area (Å²) in [5.74, 6) is 0.0344. The van der Waals surface area contributed by atoms with Gasteiger partial charge in [0.25, 0.3) is 0 Å². The summed E-state index contributed by atoms with van der Waals surface area (Å²) >= 11 is 1.42. The molecule has 1 amide bonds. The number of amides is 1. The maximum atomic E-state index is 13.0. The second kappa shape index (κ2) is 10.1. The van der Waals surface area contributed by atoms with Crippen LogP contribution in [0.2, 0.25) is 0 Å². The minimum absolute atomic E-state index is 0.0344. The number of morpholine rings is 1. The Balaban J connectivity index is 1.53. The second-order valence-corrected chi connectivity index (χ2v) is 11.7. The van der Waals surface area contributed by atoms with E-state index in [1.54, 1.807) is 12.1 Å². The maximum Gasteiger partial charge on any atom is 0.243 e. The van der Waals surface area contributed by atoms with Crippen LogP contribution in [0.25, 0.3) is 11.0 Å². The average Bonchev–Trinajstić information content (AvgIpc) is 3.16. The van der Waals surface area contributed by atoms with Crippen LogP contribution in [0.4, 0.5) is 0 Å². The van der Waals surface area contributed by atoms with Crippen LogP contribution >= 0.6 is 11.8 Å². The summed E-state index contributed by atoms with van der Waals surface area (Å²) in [5, 5.41) is 3.63. The highest BCUT2D eigenvalue weighted by molar-refractivity contribution is 8.00. The lowest BCUT2D eigenvalue weighted by Gasteiger charge is -2.26. The van der Waals surface area contributed by atoms with E-state index >= 15 is 0 Å². The molecule has 0 spiro atoms. The van der Waals surface area contributed by atoms with Gasteiger partial charge in [-0.1, -0.05) is 31.0 Å². The fourth-order valence-electron chi connectivity index (χ4n) is 4.36. The van der Waals surface area contributed by atoms with E-state index in [2.05, 4.69) is 5.32 Å². The Bertz CT molecular complexity index is 1060. The van der Waals surface area contributed by atoms with Gasteiger partial charge in [0.05, 0.1) is 34.4 Å². The van der Waals surface area contributed by atoms with Crippen LogP contribution in [0.1, 0.15) is 46.0 Å². The molecule has 176 valence electrons. The third kappa shape index (κ3) is 4.98. The molecule has 2 fully saturated rings. The Morgan fingerprint density at radius 1 is 1.25 bits per heavy atom. The third-order valence-corrected chi connectivity index (χ3v) is 9.20. The number of imidazole rings is 1. The molecule has 2 aromatic rings. The zero-order chi connectivity index (χ0) is 22.7. The number of sulfonamides is 1. The molecule has 1 saturated heterocycles. The lowest BCUT2D eigenvalue weighted by molar-refractivity contribution is -0.121. The molecule has 2 aliphatic rings. The summed E-state index contributed by atoms with van der Waals surface area (Å²) in [4.78, 5) is 17.7. The molecule has 1 unspecified atom stereocenters. The molecule has 10 heteroatoms. The molecule has 0 bridgehead atoms. The van der Waals surface area contributed by atoms with Gasteiger partial charge in [0, 0.05) is 25.7 Å². The number of carbonyl (C=O) groups is 1. The van der Waals surface area contributed by atoms with Gasteiger partial charge in [0.2, 0.25) is 15.9 Å². The minimum atomic E-state index is -3.58. The van der Waals surface area contributed by atoms with E-state index in [0.717, 1.165) is 23.5 Å². The molecule has 8 nitrogen and oxygen atoms in total. The predicted octanol–water partition coefficient (Wildman–Crippen LogP) is 3.01. The highest BCUT2D eigenvalue weighted by Gasteiger charge is 2.28. The molecular weight excluding hydrogens is 448 g/mol. The maximum absolute atomic E-state index is 13.0. The first-order valence-electron chi connectivity index (χ1n) is 11.5. The number of aromatic nitrogens is 2. The first-order valence-corrected chi connectivity index (χ1v) is 13.8. The molecule has 2 heterocycles. The molecule has 1 atom stereocenters. The standard InChI is InChI=1S/C22H32N4O4S2/c1-3-26-20-10-9-18(32(28,29)25-11-13-30-14-12-25)15-19(20)24-22(26)31-16(2)21(27)23-17-7-5-4-6-8-17/h9-10,15-17H,3-8,11-14H2,1-2H3,(H,23,27). The van der Waals surface area contributed by atoms with Crippen molar-refractivity contribution in [1.29, 1.82) is 0 Å². The SMILES string of the molecule is CCn1c(SC(C)C(=O)NC2CCCCC2)nc2cc(S(=O)(=O)N3CCOCC3)ccc21. The Kier molecular flexibility index (Phi) is 7.44. The molecule has 1 saturated carbocycles. The Morgan fingerprint density at radius 3 is 2.66 bits per heavy atom. The number of thioether (sulfide) groups is 1. The summed E-state index contributed by atoms with van der Waals surface area (Å²) < 4.78 is 34.8. The number of hydrogen-bond acceptors (Lipinski definition) is 6. The summed E-state index contributed by atoms with van der Waals surface area (Å²) in [6.45, 7) is 6.15.